The Bertz CT molecular complexity index is 472. The Labute approximate surface area is 119 Å². The number of hydrogen-bond donors (Lipinski definition) is 3. The summed E-state index contributed by atoms with van der Waals surface area (Å²) in [6.07, 6.45) is 2.39. The molecule has 0 aliphatic rings. The van der Waals surface area contributed by atoms with Gasteiger partial charge in [-0.05, 0) is 30.5 Å². The molecule has 1 aromatic carbocycles. The van der Waals surface area contributed by atoms with Crippen LogP contribution in [-0.4, -0.2) is 18.4 Å². The Morgan fingerprint density at radius 1 is 1.10 bits per heavy atom. The summed E-state index contributed by atoms with van der Waals surface area (Å²) < 4.78 is 0. The van der Waals surface area contributed by atoms with E-state index in [1.165, 1.54) is 0 Å². The fourth-order valence-electron chi connectivity index (χ4n) is 1.87. The van der Waals surface area contributed by atoms with Crippen molar-refractivity contribution in [1.82, 2.24) is 0 Å². The molecule has 5 nitrogen and oxygen atoms in total. The number of hydrogen-bond acceptors (Lipinski definition) is 3. The monoisotopic (exact) mass is 277 g/mol. The van der Waals surface area contributed by atoms with E-state index in [1.54, 1.807) is 6.07 Å². The Morgan fingerprint density at radius 3 is 2.40 bits per heavy atom. The summed E-state index contributed by atoms with van der Waals surface area (Å²) in [6.45, 7) is 4.29. The molecule has 110 valence electrons. The van der Waals surface area contributed by atoms with Gasteiger partial charge in [-0.3, -0.25) is 9.59 Å². The van der Waals surface area contributed by atoms with Crippen molar-refractivity contribution in [2.75, 3.05) is 17.2 Å². The highest BCUT2D eigenvalue weighted by Gasteiger charge is 2.08. The molecular weight excluding hydrogens is 254 g/mol. The van der Waals surface area contributed by atoms with E-state index in [0.29, 0.717) is 18.7 Å². The third-order valence-electron chi connectivity index (χ3n) is 2.90. The molecule has 1 rings (SSSR count). The van der Waals surface area contributed by atoms with Gasteiger partial charge in [0.2, 0.25) is 11.8 Å². The van der Waals surface area contributed by atoms with E-state index in [4.69, 9.17) is 5.73 Å². The lowest BCUT2D eigenvalue weighted by atomic mass is 10.1. The molecule has 0 aliphatic heterocycles. The molecule has 0 atom stereocenters. The molecule has 20 heavy (non-hydrogen) atoms. The van der Waals surface area contributed by atoms with Crippen LogP contribution in [0, 0.1) is 0 Å². The van der Waals surface area contributed by atoms with Gasteiger partial charge in [0.25, 0.3) is 0 Å². The van der Waals surface area contributed by atoms with Crippen LogP contribution in [0.5, 0.6) is 0 Å². The first-order valence-electron chi connectivity index (χ1n) is 7.03. The minimum Gasteiger partial charge on any atom is -0.330 e. The van der Waals surface area contributed by atoms with E-state index in [9.17, 15) is 9.59 Å². The van der Waals surface area contributed by atoms with Crippen molar-refractivity contribution in [3.63, 3.8) is 0 Å². The van der Waals surface area contributed by atoms with Crippen LogP contribution in [0.1, 0.15) is 38.7 Å². The van der Waals surface area contributed by atoms with Crippen LogP contribution < -0.4 is 16.4 Å². The second-order valence-electron chi connectivity index (χ2n) is 4.61. The molecule has 0 aromatic heterocycles. The first kappa shape index (κ1) is 16.2. The number of benzene rings is 1. The van der Waals surface area contributed by atoms with Gasteiger partial charge in [-0.25, -0.2) is 0 Å². The van der Waals surface area contributed by atoms with Gasteiger partial charge >= 0.3 is 0 Å². The van der Waals surface area contributed by atoms with Gasteiger partial charge in [0, 0.05) is 30.8 Å². The van der Waals surface area contributed by atoms with Gasteiger partial charge in [-0.2, -0.15) is 0 Å². The van der Waals surface area contributed by atoms with Crippen LogP contribution in [0.2, 0.25) is 0 Å². The van der Waals surface area contributed by atoms with Gasteiger partial charge in [0.15, 0.2) is 0 Å². The largest absolute Gasteiger partial charge is 0.330 e. The highest BCUT2D eigenvalue weighted by Crippen LogP contribution is 2.22. The predicted octanol–water partition coefficient (Wildman–Crippen LogP) is 2.27. The predicted molar refractivity (Wildman–Crippen MR) is 81.7 cm³/mol. The van der Waals surface area contributed by atoms with Crippen LogP contribution in [-0.2, 0) is 16.0 Å². The first-order valence-corrected chi connectivity index (χ1v) is 7.03. The SMILES string of the molecule is CCCC(=O)Nc1ccc(CC)c(NC(=O)CCN)c1. The van der Waals surface area contributed by atoms with Gasteiger partial charge in [0.05, 0.1) is 0 Å². The van der Waals surface area contributed by atoms with Crippen molar-refractivity contribution >= 4 is 23.2 Å². The normalized spacial score (nSPS) is 10.2. The van der Waals surface area contributed by atoms with Gasteiger partial charge in [-0.1, -0.05) is 19.9 Å². The maximum absolute atomic E-state index is 11.6. The van der Waals surface area contributed by atoms with Gasteiger partial charge in [0.1, 0.15) is 0 Å². The van der Waals surface area contributed by atoms with E-state index in [0.717, 1.165) is 24.1 Å². The number of nitrogens with two attached hydrogens (primary N) is 1. The zero-order chi connectivity index (χ0) is 15.0. The number of nitrogens with one attached hydrogen (secondary N) is 2. The van der Waals surface area contributed by atoms with Crippen molar-refractivity contribution in [3.05, 3.63) is 23.8 Å². The summed E-state index contributed by atoms with van der Waals surface area (Å²) in [5.41, 5.74) is 7.83. The minimum absolute atomic E-state index is 0.0176. The molecule has 2 amide bonds. The van der Waals surface area contributed by atoms with Gasteiger partial charge in [-0.15, -0.1) is 0 Å². The molecule has 0 aliphatic carbocycles. The second kappa shape index (κ2) is 8.32. The minimum atomic E-state index is -0.112. The Balaban J connectivity index is 2.85. The highest BCUT2D eigenvalue weighted by molar-refractivity contribution is 5.94. The molecule has 4 N–H and O–H groups in total. The molecule has 0 bridgehead atoms. The molecule has 0 spiro atoms. The summed E-state index contributed by atoms with van der Waals surface area (Å²) in [6, 6.07) is 5.56. The lowest BCUT2D eigenvalue weighted by Crippen LogP contribution is -2.17. The molecule has 0 heterocycles. The molecular formula is C15H23N3O2. The summed E-state index contributed by atoms with van der Waals surface area (Å²) in [4.78, 5) is 23.2. The zero-order valence-corrected chi connectivity index (χ0v) is 12.2. The van der Waals surface area contributed by atoms with Crippen LogP contribution >= 0.6 is 0 Å². The Kier molecular flexibility index (Phi) is 6.73. The average Bonchev–Trinajstić information content (AvgIpc) is 2.39. The Morgan fingerprint density at radius 2 is 1.80 bits per heavy atom. The smallest absolute Gasteiger partial charge is 0.225 e. The fraction of sp³-hybridized carbons (Fsp3) is 0.467. The highest BCUT2D eigenvalue weighted by atomic mass is 16.2. The topological polar surface area (TPSA) is 84.2 Å². The average molecular weight is 277 g/mol. The van der Waals surface area contributed by atoms with E-state index < -0.39 is 0 Å². The number of carbonyl (C=O) groups excluding carboxylic acids is 2. The fourth-order valence-corrected chi connectivity index (χ4v) is 1.87. The third kappa shape index (κ3) is 5.01. The lowest BCUT2D eigenvalue weighted by molar-refractivity contribution is -0.116. The van der Waals surface area contributed by atoms with E-state index in [2.05, 4.69) is 10.6 Å². The molecule has 5 heteroatoms. The van der Waals surface area contributed by atoms with E-state index in [-0.39, 0.29) is 18.2 Å². The maximum atomic E-state index is 11.6. The van der Waals surface area contributed by atoms with Crippen LogP contribution in [0.3, 0.4) is 0 Å². The molecule has 0 saturated heterocycles. The quantitative estimate of drug-likeness (QED) is 0.715. The van der Waals surface area contributed by atoms with Crippen molar-refractivity contribution in [2.24, 2.45) is 5.73 Å². The Hall–Kier alpha value is -1.88. The molecule has 0 fully saturated rings. The number of amides is 2. The molecule has 0 radical (unpaired) electrons. The summed E-state index contributed by atoms with van der Waals surface area (Å²) in [5.74, 6) is -0.129. The summed E-state index contributed by atoms with van der Waals surface area (Å²) in [5, 5.41) is 5.66. The van der Waals surface area contributed by atoms with Crippen molar-refractivity contribution in [3.8, 4) is 0 Å². The first-order chi connectivity index (χ1) is 9.60. The van der Waals surface area contributed by atoms with Crippen LogP contribution in [0.25, 0.3) is 0 Å². The van der Waals surface area contributed by atoms with Crippen molar-refractivity contribution in [1.29, 1.82) is 0 Å². The summed E-state index contributed by atoms with van der Waals surface area (Å²) in [7, 11) is 0. The number of anilines is 2. The van der Waals surface area contributed by atoms with Gasteiger partial charge < -0.3 is 16.4 Å². The van der Waals surface area contributed by atoms with Crippen molar-refractivity contribution in [2.45, 2.75) is 39.5 Å². The van der Waals surface area contributed by atoms with E-state index >= 15 is 0 Å². The van der Waals surface area contributed by atoms with Crippen LogP contribution in [0.15, 0.2) is 18.2 Å². The van der Waals surface area contributed by atoms with Crippen LogP contribution in [0.4, 0.5) is 11.4 Å². The summed E-state index contributed by atoms with van der Waals surface area (Å²) >= 11 is 0. The van der Waals surface area contributed by atoms with E-state index in [1.807, 2.05) is 26.0 Å². The standard InChI is InChI=1S/C15H23N3O2/c1-3-5-14(19)17-12-7-6-11(4-2)13(10-12)18-15(20)8-9-16/h6-7,10H,3-5,8-9,16H2,1-2H3,(H,17,19)(H,18,20). The molecule has 1 aromatic rings. The second-order valence-corrected chi connectivity index (χ2v) is 4.61. The molecule has 0 saturated carbocycles. The third-order valence-corrected chi connectivity index (χ3v) is 2.90. The lowest BCUT2D eigenvalue weighted by Gasteiger charge is -2.12. The maximum Gasteiger partial charge on any atom is 0.225 e. The molecule has 0 unspecified atom stereocenters. The van der Waals surface area contributed by atoms with Crippen molar-refractivity contribution < 1.29 is 9.59 Å². The number of aryl methyl sites for hydroxylation is 1. The number of carbonyl (C=O) groups is 2. The number of rotatable bonds is 7. The zero-order valence-electron chi connectivity index (χ0n) is 12.2.